The number of benzene rings is 1. The first-order chi connectivity index (χ1) is 11.0. The zero-order valence-electron chi connectivity index (χ0n) is 12.6. The van der Waals surface area contributed by atoms with Gasteiger partial charge in [-0.05, 0) is 37.0 Å². The molecule has 0 unspecified atom stereocenters. The van der Waals surface area contributed by atoms with Crippen LogP contribution in [0.3, 0.4) is 0 Å². The topological polar surface area (TPSA) is 69.7 Å². The van der Waals surface area contributed by atoms with Crippen LogP contribution in [0, 0.1) is 0 Å². The lowest BCUT2D eigenvalue weighted by Crippen LogP contribution is -2.42. The summed E-state index contributed by atoms with van der Waals surface area (Å²) in [5.74, 6) is -0.618. The Bertz CT molecular complexity index is 628. The molecule has 1 N–H and O–H groups in total. The van der Waals surface area contributed by atoms with Gasteiger partial charge in [0.1, 0.15) is 13.1 Å². The molecule has 0 radical (unpaired) electrons. The third-order valence-corrected chi connectivity index (χ3v) is 4.27. The molecule has 1 saturated carbocycles. The highest BCUT2D eigenvalue weighted by Gasteiger charge is 2.44. The Morgan fingerprint density at radius 2 is 1.91 bits per heavy atom. The minimum Gasteiger partial charge on any atom is -0.354 e. The molecule has 122 valence electrons. The van der Waals surface area contributed by atoms with Gasteiger partial charge in [-0.2, -0.15) is 0 Å². The van der Waals surface area contributed by atoms with Gasteiger partial charge >= 0.3 is 6.03 Å². The highest BCUT2D eigenvalue weighted by molar-refractivity contribution is 6.30. The monoisotopic (exact) mass is 335 g/mol. The van der Waals surface area contributed by atoms with Crippen LogP contribution in [0.1, 0.15) is 18.4 Å². The Hall–Kier alpha value is -2.08. The third-order valence-electron chi connectivity index (χ3n) is 4.02. The SMILES string of the molecule is O=C(CN1C(=O)CN(C2CC2)C1=O)NCCc1ccc(Cl)cc1. The minimum atomic E-state index is -0.342. The Morgan fingerprint density at radius 1 is 1.22 bits per heavy atom. The van der Waals surface area contributed by atoms with Crippen molar-refractivity contribution in [3.05, 3.63) is 34.9 Å². The normalized spacial score (nSPS) is 17.8. The molecule has 1 aromatic carbocycles. The van der Waals surface area contributed by atoms with Crippen molar-refractivity contribution >= 4 is 29.4 Å². The maximum atomic E-state index is 12.1. The molecule has 4 amide bonds. The Morgan fingerprint density at radius 3 is 2.57 bits per heavy atom. The van der Waals surface area contributed by atoms with Crippen molar-refractivity contribution in [2.45, 2.75) is 25.3 Å². The summed E-state index contributed by atoms with van der Waals surface area (Å²) >= 11 is 5.81. The number of carbonyl (C=O) groups is 3. The molecule has 7 heteroatoms. The van der Waals surface area contributed by atoms with Crippen LogP contribution in [0.25, 0.3) is 0 Å². The summed E-state index contributed by atoms with van der Waals surface area (Å²) in [7, 11) is 0. The number of rotatable bonds is 6. The Balaban J connectivity index is 1.44. The van der Waals surface area contributed by atoms with Crippen molar-refractivity contribution in [1.82, 2.24) is 15.1 Å². The van der Waals surface area contributed by atoms with Crippen molar-refractivity contribution in [1.29, 1.82) is 0 Å². The molecule has 6 nitrogen and oxygen atoms in total. The standard InChI is InChI=1S/C16H18ClN3O3/c17-12-3-1-11(2-4-12)7-8-18-14(21)9-20-15(22)10-19(16(20)23)13-5-6-13/h1-4,13H,5-10H2,(H,18,21). The minimum absolute atomic E-state index is 0.0988. The number of carbonyl (C=O) groups excluding carboxylic acids is 3. The predicted octanol–water partition coefficient (Wildman–Crippen LogP) is 1.43. The van der Waals surface area contributed by atoms with E-state index in [9.17, 15) is 14.4 Å². The lowest BCUT2D eigenvalue weighted by atomic mass is 10.1. The number of halogens is 1. The van der Waals surface area contributed by atoms with E-state index in [4.69, 9.17) is 11.6 Å². The van der Waals surface area contributed by atoms with Crippen molar-refractivity contribution < 1.29 is 14.4 Å². The van der Waals surface area contributed by atoms with E-state index in [0.29, 0.717) is 18.0 Å². The lowest BCUT2D eigenvalue weighted by molar-refractivity contribution is -0.130. The summed E-state index contributed by atoms with van der Waals surface area (Å²) in [6.45, 7) is 0.339. The van der Waals surface area contributed by atoms with Gasteiger partial charge in [0.2, 0.25) is 5.91 Å². The summed E-state index contributed by atoms with van der Waals surface area (Å²) in [5.41, 5.74) is 1.06. The van der Waals surface area contributed by atoms with Gasteiger partial charge in [0.25, 0.3) is 5.91 Å². The van der Waals surface area contributed by atoms with Crippen LogP contribution in [0.15, 0.2) is 24.3 Å². The largest absolute Gasteiger partial charge is 0.354 e. The molecular weight excluding hydrogens is 318 g/mol. The average Bonchev–Trinajstić information content (AvgIpc) is 3.32. The zero-order valence-corrected chi connectivity index (χ0v) is 13.4. The fourth-order valence-corrected chi connectivity index (χ4v) is 2.71. The number of urea groups is 1. The molecule has 23 heavy (non-hydrogen) atoms. The van der Waals surface area contributed by atoms with Gasteiger partial charge in [-0.15, -0.1) is 0 Å². The summed E-state index contributed by atoms with van der Waals surface area (Å²) in [6.07, 6.45) is 2.55. The zero-order chi connectivity index (χ0) is 16.4. The molecule has 1 aromatic rings. The molecule has 3 rings (SSSR count). The second kappa shape index (κ2) is 6.58. The van der Waals surface area contributed by atoms with E-state index in [0.717, 1.165) is 23.3 Å². The molecule has 0 atom stereocenters. The Kier molecular flexibility index (Phi) is 4.52. The van der Waals surface area contributed by atoms with Crippen molar-refractivity contribution in [3.63, 3.8) is 0 Å². The molecule has 1 heterocycles. The smallest absolute Gasteiger partial charge is 0.327 e. The first-order valence-electron chi connectivity index (χ1n) is 7.66. The fraction of sp³-hybridized carbons (Fsp3) is 0.438. The number of hydrogen-bond acceptors (Lipinski definition) is 3. The van der Waals surface area contributed by atoms with Gasteiger partial charge in [0.05, 0.1) is 0 Å². The van der Waals surface area contributed by atoms with Crippen molar-refractivity contribution in [3.8, 4) is 0 Å². The molecule has 1 aliphatic carbocycles. The van der Waals surface area contributed by atoms with E-state index in [2.05, 4.69) is 5.32 Å². The summed E-state index contributed by atoms with van der Waals surface area (Å²) in [4.78, 5) is 38.5. The van der Waals surface area contributed by atoms with Gasteiger partial charge in [-0.25, -0.2) is 4.79 Å². The van der Waals surface area contributed by atoms with Gasteiger partial charge in [0.15, 0.2) is 0 Å². The number of amides is 4. The maximum absolute atomic E-state index is 12.1. The van der Waals surface area contributed by atoms with Crippen LogP contribution in [0.2, 0.25) is 5.02 Å². The summed E-state index contributed by atoms with van der Waals surface area (Å²) in [6, 6.07) is 7.24. The number of nitrogens with zero attached hydrogens (tertiary/aromatic N) is 2. The highest BCUT2D eigenvalue weighted by atomic mass is 35.5. The van der Waals surface area contributed by atoms with E-state index in [1.54, 1.807) is 17.0 Å². The Labute approximate surface area is 139 Å². The molecule has 2 fully saturated rings. The van der Waals surface area contributed by atoms with E-state index < -0.39 is 0 Å². The molecule has 2 aliphatic rings. The quantitative estimate of drug-likeness (QED) is 0.799. The van der Waals surface area contributed by atoms with Crippen LogP contribution >= 0.6 is 11.6 Å². The second-order valence-electron chi connectivity index (χ2n) is 5.85. The van der Waals surface area contributed by atoms with E-state index in [-0.39, 0.29) is 37.0 Å². The van der Waals surface area contributed by atoms with Gasteiger partial charge < -0.3 is 10.2 Å². The third kappa shape index (κ3) is 3.82. The molecular formula is C16H18ClN3O3. The molecule has 0 aromatic heterocycles. The van der Waals surface area contributed by atoms with E-state index >= 15 is 0 Å². The van der Waals surface area contributed by atoms with E-state index in [1.165, 1.54) is 0 Å². The maximum Gasteiger partial charge on any atom is 0.327 e. The van der Waals surface area contributed by atoms with E-state index in [1.807, 2.05) is 12.1 Å². The summed E-state index contributed by atoms with van der Waals surface area (Å²) < 4.78 is 0. The predicted molar refractivity (Wildman–Crippen MR) is 85.0 cm³/mol. The second-order valence-corrected chi connectivity index (χ2v) is 6.28. The molecule has 1 aliphatic heterocycles. The molecule has 0 bridgehead atoms. The first kappa shape index (κ1) is 15.8. The highest BCUT2D eigenvalue weighted by Crippen LogP contribution is 2.30. The van der Waals surface area contributed by atoms with Crippen molar-refractivity contribution in [2.24, 2.45) is 0 Å². The molecule has 1 saturated heterocycles. The van der Waals surface area contributed by atoms with Gasteiger partial charge in [-0.3, -0.25) is 14.5 Å². The van der Waals surface area contributed by atoms with Crippen LogP contribution in [-0.2, 0) is 16.0 Å². The number of imide groups is 1. The fourth-order valence-electron chi connectivity index (χ4n) is 2.58. The summed E-state index contributed by atoms with van der Waals surface area (Å²) in [5, 5.41) is 3.41. The van der Waals surface area contributed by atoms with Crippen LogP contribution in [0.5, 0.6) is 0 Å². The van der Waals surface area contributed by atoms with Gasteiger partial charge in [0, 0.05) is 17.6 Å². The lowest BCUT2D eigenvalue weighted by Gasteiger charge is -2.16. The van der Waals surface area contributed by atoms with Crippen molar-refractivity contribution in [2.75, 3.05) is 19.6 Å². The van der Waals surface area contributed by atoms with Crippen LogP contribution in [0.4, 0.5) is 4.79 Å². The average molecular weight is 336 g/mol. The van der Waals surface area contributed by atoms with Gasteiger partial charge in [-0.1, -0.05) is 23.7 Å². The first-order valence-corrected chi connectivity index (χ1v) is 8.04. The number of hydrogen-bond donors (Lipinski definition) is 1. The van der Waals surface area contributed by atoms with Crippen LogP contribution < -0.4 is 5.32 Å². The molecule has 0 spiro atoms. The number of nitrogens with one attached hydrogen (secondary N) is 1. The van der Waals surface area contributed by atoms with Crippen LogP contribution in [-0.4, -0.2) is 53.3 Å².